The molecule has 5 rings (SSSR count). The van der Waals surface area contributed by atoms with Crippen molar-refractivity contribution in [2.75, 3.05) is 17.7 Å². The largest absolute Gasteiger partial charge is 0.492 e. The van der Waals surface area contributed by atoms with Crippen LogP contribution in [0.15, 0.2) is 43.0 Å². The fourth-order valence-corrected chi connectivity index (χ4v) is 3.99. The number of hydrogen-bond donors (Lipinski definition) is 3. The van der Waals surface area contributed by atoms with Gasteiger partial charge >= 0.3 is 0 Å². The summed E-state index contributed by atoms with van der Waals surface area (Å²) in [6, 6.07) is 6.38. The van der Waals surface area contributed by atoms with Crippen LogP contribution in [0.5, 0.6) is 5.75 Å². The van der Waals surface area contributed by atoms with Crippen LogP contribution in [0.25, 0.3) is 11.4 Å². The number of carbonyl (C=O) groups excluding carboxylic acids is 1. The Bertz CT molecular complexity index is 1510. The fraction of sp³-hybridized carbons (Fsp3) is 0.308. The second kappa shape index (κ2) is 9.78. The van der Waals surface area contributed by atoms with Crippen molar-refractivity contribution >= 4 is 28.9 Å². The van der Waals surface area contributed by atoms with E-state index < -0.39 is 11.5 Å². The standard InChI is InChI=1S/C26H27FN8O3/c1-26(2,37)17-7-8-19(33-23(17)27)32-20-11-18(16(12-29-20)21(36)14-5-6-14)31-25-22(38-4)15(9-10-28-25)24-30-13-35(3)34-24/h7-14,37H,5-6H2,1-4H3,(H2,28,29,31,32,33). The molecule has 38 heavy (non-hydrogen) atoms. The fourth-order valence-electron chi connectivity index (χ4n) is 3.99. The molecule has 0 spiro atoms. The molecule has 0 bridgehead atoms. The molecule has 0 atom stereocenters. The molecule has 4 aromatic rings. The van der Waals surface area contributed by atoms with Gasteiger partial charge in [-0.25, -0.2) is 19.9 Å². The second-order valence-corrected chi connectivity index (χ2v) is 9.58. The Hall–Kier alpha value is -4.45. The second-order valence-electron chi connectivity index (χ2n) is 9.58. The third-order valence-electron chi connectivity index (χ3n) is 6.08. The lowest BCUT2D eigenvalue weighted by Gasteiger charge is -2.18. The molecule has 3 N–H and O–H groups in total. The average molecular weight is 519 g/mol. The summed E-state index contributed by atoms with van der Waals surface area (Å²) in [5.74, 6) is 0.878. The lowest BCUT2D eigenvalue weighted by Crippen LogP contribution is -2.18. The van der Waals surface area contributed by atoms with Crippen LogP contribution in [-0.2, 0) is 12.6 Å². The van der Waals surface area contributed by atoms with Gasteiger partial charge < -0.3 is 20.5 Å². The minimum absolute atomic E-state index is 0.0215. The van der Waals surface area contributed by atoms with Gasteiger partial charge in [0.25, 0.3) is 0 Å². The molecule has 0 saturated heterocycles. The van der Waals surface area contributed by atoms with Gasteiger partial charge in [-0.3, -0.25) is 9.48 Å². The molecule has 4 heterocycles. The van der Waals surface area contributed by atoms with Crippen molar-refractivity contribution in [1.29, 1.82) is 0 Å². The van der Waals surface area contributed by atoms with Gasteiger partial charge in [0.05, 0.1) is 29.5 Å². The summed E-state index contributed by atoms with van der Waals surface area (Å²) in [6.45, 7) is 2.97. The van der Waals surface area contributed by atoms with Gasteiger partial charge in [-0.15, -0.1) is 0 Å². The Balaban J connectivity index is 1.50. The number of aryl methyl sites for hydroxylation is 1. The first-order chi connectivity index (χ1) is 18.1. The molecule has 1 aliphatic carbocycles. The minimum Gasteiger partial charge on any atom is -0.492 e. The Morgan fingerprint density at radius 3 is 2.58 bits per heavy atom. The van der Waals surface area contributed by atoms with E-state index in [9.17, 15) is 14.3 Å². The molecule has 0 amide bonds. The van der Waals surface area contributed by atoms with Crippen LogP contribution in [0.1, 0.15) is 42.6 Å². The van der Waals surface area contributed by atoms with Crippen molar-refractivity contribution in [3.05, 3.63) is 60.1 Å². The number of methoxy groups -OCH3 is 1. The van der Waals surface area contributed by atoms with Crippen molar-refractivity contribution in [2.24, 2.45) is 13.0 Å². The molecule has 12 heteroatoms. The van der Waals surface area contributed by atoms with E-state index in [2.05, 4.69) is 35.7 Å². The quantitative estimate of drug-likeness (QED) is 0.219. The van der Waals surface area contributed by atoms with E-state index in [1.807, 2.05) is 0 Å². The molecule has 1 saturated carbocycles. The Morgan fingerprint density at radius 1 is 1.16 bits per heavy atom. The number of carbonyl (C=O) groups is 1. The normalized spacial score (nSPS) is 13.3. The van der Waals surface area contributed by atoms with Gasteiger partial charge in [-0.2, -0.15) is 9.49 Å². The van der Waals surface area contributed by atoms with E-state index >= 15 is 0 Å². The van der Waals surface area contributed by atoms with Gasteiger partial charge in [0.15, 0.2) is 23.2 Å². The number of aliphatic hydroxyl groups is 1. The molecule has 1 fully saturated rings. The SMILES string of the molecule is COc1c(-c2ncn(C)n2)ccnc1Nc1cc(Nc2ccc(C(C)(C)O)c(F)n2)ncc1C(=O)C1CC1. The monoisotopic (exact) mass is 518 g/mol. The highest BCUT2D eigenvalue weighted by atomic mass is 19.1. The van der Waals surface area contributed by atoms with Gasteiger partial charge in [0.2, 0.25) is 5.95 Å². The zero-order valence-electron chi connectivity index (χ0n) is 21.4. The predicted octanol–water partition coefficient (Wildman–Crippen LogP) is 4.12. The van der Waals surface area contributed by atoms with Crippen LogP contribution in [0.4, 0.5) is 27.5 Å². The topological polar surface area (TPSA) is 140 Å². The number of Topliss-reactive ketones (excluding diaryl/α,β-unsaturated/α-hetero) is 1. The van der Waals surface area contributed by atoms with E-state index in [0.29, 0.717) is 40.0 Å². The molecule has 1 aliphatic rings. The number of anilines is 4. The van der Waals surface area contributed by atoms with E-state index in [1.54, 1.807) is 42.5 Å². The summed E-state index contributed by atoms with van der Waals surface area (Å²) >= 11 is 0. The molecule has 0 aliphatic heterocycles. The first-order valence-corrected chi connectivity index (χ1v) is 12.0. The van der Waals surface area contributed by atoms with Gasteiger partial charge in [0, 0.05) is 37.0 Å². The van der Waals surface area contributed by atoms with Gasteiger partial charge in [-0.1, -0.05) is 0 Å². The first-order valence-electron chi connectivity index (χ1n) is 12.0. The smallest absolute Gasteiger partial charge is 0.220 e. The highest BCUT2D eigenvalue weighted by Crippen LogP contribution is 2.38. The lowest BCUT2D eigenvalue weighted by atomic mass is 10.0. The molecule has 0 radical (unpaired) electrons. The zero-order chi connectivity index (χ0) is 27.0. The molecule has 11 nitrogen and oxygen atoms in total. The Labute approximate surface area is 218 Å². The highest BCUT2D eigenvalue weighted by Gasteiger charge is 2.32. The van der Waals surface area contributed by atoms with Crippen molar-refractivity contribution in [3.63, 3.8) is 0 Å². The number of ether oxygens (including phenoxy) is 1. The van der Waals surface area contributed by atoms with E-state index in [-0.39, 0.29) is 23.1 Å². The first kappa shape index (κ1) is 25.2. The Kier molecular flexibility index (Phi) is 6.49. The number of pyridine rings is 3. The van der Waals surface area contributed by atoms with Crippen molar-refractivity contribution in [2.45, 2.75) is 32.3 Å². The van der Waals surface area contributed by atoms with Gasteiger partial charge in [0.1, 0.15) is 18.0 Å². The summed E-state index contributed by atoms with van der Waals surface area (Å²) < 4.78 is 21.8. The summed E-state index contributed by atoms with van der Waals surface area (Å²) in [4.78, 5) is 30.0. The Morgan fingerprint density at radius 2 is 1.95 bits per heavy atom. The summed E-state index contributed by atoms with van der Waals surface area (Å²) in [5.41, 5.74) is 0.176. The molecule has 0 unspecified atom stereocenters. The molecule has 4 aromatic heterocycles. The summed E-state index contributed by atoms with van der Waals surface area (Å²) in [7, 11) is 3.28. The van der Waals surface area contributed by atoms with E-state index in [4.69, 9.17) is 4.74 Å². The van der Waals surface area contributed by atoms with Crippen molar-refractivity contribution in [3.8, 4) is 17.1 Å². The molecule has 196 valence electrons. The highest BCUT2D eigenvalue weighted by molar-refractivity contribution is 6.04. The maximum absolute atomic E-state index is 14.5. The van der Waals surface area contributed by atoms with Crippen molar-refractivity contribution < 1.29 is 19.0 Å². The van der Waals surface area contributed by atoms with Crippen LogP contribution >= 0.6 is 0 Å². The summed E-state index contributed by atoms with van der Waals surface area (Å²) in [5, 5.41) is 20.6. The maximum atomic E-state index is 14.5. The summed E-state index contributed by atoms with van der Waals surface area (Å²) in [6.07, 6.45) is 6.31. The number of aromatic nitrogens is 6. The number of halogens is 1. The molecular weight excluding hydrogens is 491 g/mol. The zero-order valence-corrected chi connectivity index (χ0v) is 21.4. The number of ketones is 1. The van der Waals surface area contributed by atoms with Crippen molar-refractivity contribution in [1.82, 2.24) is 29.7 Å². The maximum Gasteiger partial charge on any atom is 0.220 e. The van der Waals surface area contributed by atoms with E-state index in [0.717, 1.165) is 12.8 Å². The number of nitrogens with zero attached hydrogens (tertiary/aromatic N) is 6. The van der Waals surface area contributed by atoms with Crippen LogP contribution in [0, 0.1) is 11.9 Å². The predicted molar refractivity (Wildman–Crippen MR) is 138 cm³/mol. The average Bonchev–Trinajstić information content (AvgIpc) is 3.63. The number of nitrogens with one attached hydrogen (secondary N) is 2. The van der Waals surface area contributed by atoms with Crippen LogP contribution in [0.3, 0.4) is 0 Å². The minimum atomic E-state index is -1.37. The van der Waals surface area contributed by atoms with Crippen LogP contribution in [0.2, 0.25) is 0 Å². The number of hydrogen-bond acceptors (Lipinski definition) is 10. The molecule has 0 aromatic carbocycles. The van der Waals surface area contributed by atoms with E-state index in [1.165, 1.54) is 33.2 Å². The molecular formula is C26H27FN8O3. The van der Waals surface area contributed by atoms with Crippen LogP contribution in [-0.4, -0.2) is 47.7 Å². The van der Waals surface area contributed by atoms with Gasteiger partial charge in [-0.05, 0) is 44.9 Å². The van der Waals surface area contributed by atoms with Crippen LogP contribution < -0.4 is 15.4 Å². The third kappa shape index (κ3) is 5.16. The lowest BCUT2D eigenvalue weighted by molar-refractivity contribution is 0.0737. The third-order valence-corrected chi connectivity index (χ3v) is 6.08. The number of rotatable bonds is 9.